The predicted molar refractivity (Wildman–Crippen MR) is 45.2 cm³/mol. The van der Waals surface area contributed by atoms with Crippen LogP contribution >= 0.6 is 0 Å². The molecule has 0 radical (unpaired) electrons. The van der Waals surface area contributed by atoms with Crippen LogP contribution in [0.25, 0.3) is 0 Å². The molecule has 0 bridgehead atoms. The van der Waals surface area contributed by atoms with E-state index in [4.69, 9.17) is 0 Å². The van der Waals surface area contributed by atoms with E-state index in [1.807, 2.05) is 6.08 Å². The topological polar surface area (TPSA) is 29.1 Å². The highest BCUT2D eigenvalue weighted by atomic mass is 16.2. The molecule has 1 aliphatic rings. The van der Waals surface area contributed by atoms with Crippen LogP contribution in [0.4, 0.5) is 0 Å². The summed E-state index contributed by atoms with van der Waals surface area (Å²) in [7, 11) is 0. The second kappa shape index (κ2) is 3.07. The second-order valence-electron chi connectivity index (χ2n) is 3.13. The third-order valence-electron chi connectivity index (χ3n) is 2.58. The minimum atomic E-state index is -0.123. The van der Waals surface area contributed by atoms with Crippen molar-refractivity contribution >= 4 is 5.91 Å². The minimum absolute atomic E-state index is 0.123. The lowest BCUT2D eigenvalue weighted by atomic mass is 9.80. The van der Waals surface area contributed by atoms with Gasteiger partial charge in [-0.15, -0.1) is 6.58 Å². The molecule has 1 fully saturated rings. The maximum atomic E-state index is 11.4. The van der Waals surface area contributed by atoms with Crippen molar-refractivity contribution in [2.24, 2.45) is 5.41 Å². The van der Waals surface area contributed by atoms with E-state index in [-0.39, 0.29) is 11.3 Å². The largest absolute Gasteiger partial charge is 0.356 e. The summed E-state index contributed by atoms with van der Waals surface area (Å²) in [6, 6.07) is 0. The van der Waals surface area contributed by atoms with E-state index in [1.165, 1.54) is 0 Å². The van der Waals surface area contributed by atoms with Crippen molar-refractivity contribution in [1.82, 2.24) is 5.32 Å². The van der Waals surface area contributed by atoms with Gasteiger partial charge in [0.15, 0.2) is 0 Å². The van der Waals surface area contributed by atoms with E-state index in [9.17, 15) is 4.79 Å². The summed E-state index contributed by atoms with van der Waals surface area (Å²) >= 11 is 0. The molecule has 2 heteroatoms. The minimum Gasteiger partial charge on any atom is -0.356 e. The van der Waals surface area contributed by atoms with Gasteiger partial charge in [0.1, 0.15) is 0 Å². The maximum absolute atomic E-state index is 11.4. The standard InChI is InChI=1S/C9H15NO/c1-3-5-9(4-2)6-7-10-8(9)11/h3H,1,4-7H2,2H3,(H,10,11). The van der Waals surface area contributed by atoms with Crippen molar-refractivity contribution in [3.05, 3.63) is 12.7 Å². The molecule has 0 aromatic carbocycles. The van der Waals surface area contributed by atoms with Gasteiger partial charge < -0.3 is 5.32 Å². The number of allylic oxidation sites excluding steroid dienone is 1. The molecule has 1 heterocycles. The van der Waals surface area contributed by atoms with Gasteiger partial charge in [-0.05, 0) is 19.3 Å². The van der Waals surface area contributed by atoms with Crippen molar-refractivity contribution in [2.45, 2.75) is 26.2 Å². The molecule has 0 aromatic rings. The molecular formula is C9H15NO. The molecule has 0 aliphatic carbocycles. The first kappa shape index (κ1) is 8.31. The van der Waals surface area contributed by atoms with Crippen molar-refractivity contribution in [3.8, 4) is 0 Å². The van der Waals surface area contributed by atoms with E-state index in [1.54, 1.807) is 0 Å². The van der Waals surface area contributed by atoms with Gasteiger partial charge in [-0.25, -0.2) is 0 Å². The average molecular weight is 153 g/mol. The average Bonchev–Trinajstić information content (AvgIpc) is 2.35. The van der Waals surface area contributed by atoms with Crippen LogP contribution in [0.1, 0.15) is 26.2 Å². The fourth-order valence-corrected chi connectivity index (χ4v) is 1.67. The van der Waals surface area contributed by atoms with Gasteiger partial charge in [0.25, 0.3) is 0 Å². The summed E-state index contributed by atoms with van der Waals surface area (Å²) in [4.78, 5) is 11.4. The van der Waals surface area contributed by atoms with Gasteiger partial charge in [0.2, 0.25) is 5.91 Å². The molecule has 1 atom stereocenters. The zero-order chi connectivity index (χ0) is 8.32. The normalized spacial score (nSPS) is 30.1. The van der Waals surface area contributed by atoms with E-state index >= 15 is 0 Å². The lowest BCUT2D eigenvalue weighted by Crippen LogP contribution is -2.29. The van der Waals surface area contributed by atoms with Crippen LogP contribution in [0.3, 0.4) is 0 Å². The van der Waals surface area contributed by atoms with Crippen molar-refractivity contribution in [3.63, 3.8) is 0 Å². The van der Waals surface area contributed by atoms with Crippen LogP contribution < -0.4 is 5.32 Å². The lowest BCUT2D eigenvalue weighted by molar-refractivity contribution is -0.127. The van der Waals surface area contributed by atoms with Crippen LogP contribution in [0.15, 0.2) is 12.7 Å². The Kier molecular flexibility index (Phi) is 2.32. The van der Waals surface area contributed by atoms with Crippen LogP contribution in [-0.2, 0) is 4.79 Å². The number of amides is 1. The molecular weight excluding hydrogens is 138 g/mol. The summed E-state index contributed by atoms with van der Waals surface area (Å²) in [6.45, 7) is 6.57. The first-order chi connectivity index (χ1) is 5.25. The molecule has 1 saturated heterocycles. The number of carbonyl (C=O) groups is 1. The van der Waals surface area contributed by atoms with E-state index in [0.29, 0.717) is 0 Å². The Morgan fingerprint density at radius 2 is 2.55 bits per heavy atom. The summed E-state index contributed by atoms with van der Waals surface area (Å²) in [5.74, 6) is 0.208. The van der Waals surface area contributed by atoms with E-state index < -0.39 is 0 Å². The summed E-state index contributed by atoms with van der Waals surface area (Å²) in [5, 5.41) is 2.86. The van der Waals surface area contributed by atoms with Crippen LogP contribution in [-0.4, -0.2) is 12.5 Å². The molecule has 1 amide bonds. The molecule has 0 saturated carbocycles. The zero-order valence-corrected chi connectivity index (χ0v) is 7.02. The van der Waals surface area contributed by atoms with Gasteiger partial charge >= 0.3 is 0 Å². The van der Waals surface area contributed by atoms with Gasteiger partial charge in [0, 0.05) is 6.54 Å². The smallest absolute Gasteiger partial charge is 0.226 e. The van der Waals surface area contributed by atoms with Crippen LogP contribution in [0.5, 0.6) is 0 Å². The molecule has 2 nitrogen and oxygen atoms in total. The monoisotopic (exact) mass is 153 g/mol. The van der Waals surface area contributed by atoms with E-state index in [2.05, 4.69) is 18.8 Å². The molecule has 0 aromatic heterocycles. The number of hydrogen-bond acceptors (Lipinski definition) is 1. The third kappa shape index (κ3) is 1.30. The summed E-state index contributed by atoms with van der Waals surface area (Å²) in [6.07, 6.45) is 4.54. The quantitative estimate of drug-likeness (QED) is 0.611. The Morgan fingerprint density at radius 3 is 2.91 bits per heavy atom. The van der Waals surface area contributed by atoms with Crippen molar-refractivity contribution in [2.75, 3.05) is 6.54 Å². The maximum Gasteiger partial charge on any atom is 0.226 e. The highest BCUT2D eigenvalue weighted by Crippen LogP contribution is 2.34. The van der Waals surface area contributed by atoms with Crippen molar-refractivity contribution < 1.29 is 4.79 Å². The Balaban J connectivity index is 2.72. The first-order valence-corrected chi connectivity index (χ1v) is 4.14. The number of nitrogens with one attached hydrogen (secondary N) is 1. The number of carbonyl (C=O) groups excluding carboxylic acids is 1. The molecule has 1 unspecified atom stereocenters. The second-order valence-corrected chi connectivity index (χ2v) is 3.13. The lowest BCUT2D eigenvalue weighted by Gasteiger charge is -2.21. The molecule has 1 aliphatic heterocycles. The van der Waals surface area contributed by atoms with Crippen LogP contribution in [0.2, 0.25) is 0 Å². The highest BCUT2D eigenvalue weighted by Gasteiger charge is 2.39. The van der Waals surface area contributed by atoms with Gasteiger partial charge in [-0.1, -0.05) is 13.0 Å². The zero-order valence-electron chi connectivity index (χ0n) is 7.02. The molecule has 1 N–H and O–H groups in total. The highest BCUT2D eigenvalue weighted by molar-refractivity contribution is 5.84. The molecule has 11 heavy (non-hydrogen) atoms. The Hall–Kier alpha value is -0.790. The molecule has 1 rings (SSSR count). The molecule has 62 valence electrons. The predicted octanol–water partition coefficient (Wildman–Crippen LogP) is 1.48. The Bertz CT molecular complexity index is 176. The van der Waals surface area contributed by atoms with Gasteiger partial charge in [-0.2, -0.15) is 0 Å². The fraction of sp³-hybridized carbons (Fsp3) is 0.667. The van der Waals surface area contributed by atoms with Crippen LogP contribution in [0, 0.1) is 5.41 Å². The molecule has 0 spiro atoms. The number of hydrogen-bond donors (Lipinski definition) is 1. The van der Waals surface area contributed by atoms with E-state index in [0.717, 1.165) is 25.8 Å². The van der Waals surface area contributed by atoms with Gasteiger partial charge in [-0.3, -0.25) is 4.79 Å². The fourth-order valence-electron chi connectivity index (χ4n) is 1.67. The third-order valence-corrected chi connectivity index (χ3v) is 2.58. The van der Waals surface area contributed by atoms with Crippen molar-refractivity contribution in [1.29, 1.82) is 0 Å². The summed E-state index contributed by atoms with van der Waals surface area (Å²) in [5.41, 5.74) is -0.123. The Labute approximate surface area is 67.7 Å². The first-order valence-electron chi connectivity index (χ1n) is 4.14. The van der Waals surface area contributed by atoms with Gasteiger partial charge in [0.05, 0.1) is 5.41 Å². The Morgan fingerprint density at radius 1 is 1.82 bits per heavy atom. The number of rotatable bonds is 3. The summed E-state index contributed by atoms with van der Waals surface area (Å²) < 4.78 is 0. The SMILES string of the molecule is C=CCC1(CC)CCNC1=O.